The van der Waals surface area contributed by atoms with Gasteiger partial charge in [-0.3, -0.25) is 4.90 Å². The van der Waals surface area contributed by atoms with Gasteiger partial charge in [-0.1, -0.05) is 17.7 Å². The highest BCUT2D eigenvalue weighted by Gasteiger charge is 2.49. The zero-order valence-corrected chi connectivity index (χ0v) is 26.5. The van der Waals surface area contributed by atoms with Crippen LogP contribution < -0.4 is 20.1 Å². The van der Waals surface area contributed by atoms with Gasteiger partial charge in [0.05, 0.1) is 45.5 Å². The average molecular weight is 671 g/mol. The third-order valence-corrected chi connectivity index (χ3v) is 11.5. The first kappa shape index (κ1) is 29.8. The lowest BCUT2D eigenvalue weighted by atomic mass is 9.92. The van der Waals surface area contributed by atoms with E-state index >= 15 is 4.39 Å². The van der Waals surface area contributed by atoms with Crippen molar-refractivity contribution in [3.63, 3.8) is 0 Å². The summed E-state index contributed by atoms with van der Waals surface area (Å²) in [5, 5.41) is 10.4. The second kappa shape index (κ2) is 11.0. The number of hydrogen-bond acceptors (Lipinski definition) is 10. The van der Waals surface area contributed by atoms with Crippen LogP contribution in [-0.2, 0) is 4.74 Å². The van der Waals surface area contributed by atoms with E-state index in [0.29, 0.717) is 32.0 Å². The molecule has 14 heteroatoms. The summed E-state index contributed by atoms with van der Waals surface area (Å²) in [4.78, 5) is 13.4. The summed E-state index contributed by atoms with van der Waals surface area (Å²) in [6.45, 7) is 2.59. The highest BCUT2D eigenvalue weighted by Crippen LogP contribution is 2.51. The van der Waals surface area contributed by atoms with E-state index in [1.54, 1.807) is 0 Å². The fraction of sp³-hybridized carbons (Fsp3) is 0.469. The predicted molar refractivity (Wildman–Crippen MR) is 170 cm³/mol. The molecule has 4 atom stereocenters. The molecule has 4 aliphatic heterocycles. The Morgan fingerprint density at radius 3 is 2.93 bits per heavy atom. The van der Waals surface area contributed by atoms with Crippen LogP contribution in [-0.4, -0.2) is 79.2 Å². The second-order valence-corrected chi connectivity index (χ2v) is 14.0. The maximum absolute atomic E-state index is 17.1. The molecule has 8 rings (SSSR count). The quantitative estimate of drug-likeness (QED) is 0.276. The van der Waals surface area contributed by atoms with E-state index in [1.807, 2.05) is 18.0 Å². The number of benzene rings is 2. The van der Waals surface area contributed by atoms with Crippen molar-refractivity contribution < 1.29 is 27.4 Å². The van der Waals surface area contributed by atoms with Gasteiger partial charge in [0.1, 0.15) is 41.0 Å². The first-order valence-corrected chi connectivity index (χ1v) is 16.5. The lowest BCUT2D eigenvalue weighted by Crippen LogP contribution is -2.48. The normalized spacial score (nSPS) is 26.0. The lowest BCUT2D eigenvalue weighted by molar-refractivity contribution is 0.0304. The van der Waals surface area contributed by atoms with E-state index in [4.69, 9.17) is 36.5 Å². The van der Waals surface area contributed by atoms with Gasteiger partial charge in [0, 0.05) is 43.5 Å². The molecule has 0 aliphatic carbocycles. The number of nitrogens with two attached hydrogens (primary N) is 1. The summed E-state index contributed by atoms with van der Waals surface area (Å²) in [7, 11) is 1.87. The van der Waals surface area contributed by atoms with Gasteiger partial charge in [-0.15, -0.1) is 11.3 Å². The fourth-order valence-electron chi connectivity index (χ4n) is 7.82. The van der Waals surface area contributed by atoms with Crippen molar-refractivity contribution in [2.45, 2.75) is 43.4 Å². The van der Waals surface area contributed by atoms with Crippen LogP contribution in [0.2, 0.25) is 5.02 Å². The minimum atomic E-state index is -0.942. The number of rotatable bonds is 4. The van der Waals surface area contributed by atoms with E-state index in [9.17, 15) is 14.0 Å². The first-order chi connectivity index (χ1) is 22.2. The van der Waals surface area contributed by atoms with E-state index < -0.39 is 23.3 Å². The highest BCUT2D eigenvalue weighted by molar-refractivity contribution is 7.23. The van der Waals surface area contributed by atoms with Crippen LogP contribution in [0.25, 0.3) is 32.1 Å². The second-order valence-electron chi connectivity index (χ2n) is 12.6. The zero-order chi connectivity index (χ0) is 31.9. The van der Waals surface area contributed by atoms with Crippen LogP contribution in [0.3, 0.4) is 0 Å². The van der Waals surface area contributed by atoms with Crippen molar-refractivity contribution in [2.24, 2.45) is 5.92 Å². The number of nitrogens with zero attached hydrogens (tertiary/aromatic N) is 5. The number of fused-ring (bicyclic) bond motifs is 3. The molecule has 2 aromatic carbocycles. The van der Waals surface area contributed by atoms with E-state index in [0.717, 1.165) is 37.1 Å². The Bertz CT molecular complexity index is 1950. The summed E-state index contributed by atoms with van der Waals surface area (Å²) in [6, 6.07) is 4.44. The Hall–Kier alpha value is -3.57. The van der Waals surface area contributed by atoms with Gasteiger partial charge in [0.2, 0.25) is 0 Å². The van der Waals surface area contributed by atoms with Gasteiger partial charge in [-0.25, -0.2) is 13.2 Å². The first-order valence-electron chi connectivity index (χ1n) is 15.3. The van der Waals surface area contributed by atoms with Crippen molar-refractivity contribution in [3.8, 4) is 29.0 Å². The monoisotopic (exact) mass is 670 g/mol. The molecule has 0 bridgehead atoms. The third-order valence-electron chi connectivity index (χ3n) is 10.1. The largest absolute Gasteiger partial charge is 0.491 e. The molecule has 0 saturated carbocycles. The number of likely N-dealkylation sites (N-methyl/N-ethyl adjacent to an activating group) is 1. The van der Waals surface area contributed by atoms with Gasteiger partial charge >= 0.3 is 6.01 Å². The van der Waals surface area contributed by atoms with Crippen LogP contribution >= 0.6 is 22.9 Å². The minimum Gasteiger partial charge on any atom is -0.491 e. The average Bonchev–Trinajstić information content (AvgIpc) is 3.69. The summed E-state index contributed by atoms with van der Waals surface area (Å²) in [6.07, 6.45) is 1.86. The number of alkyl halides is 1. The number of anilines is 2. The molecule has 46 heavy (non-hydrogen) atoms. The van der Waals surface area contributed by atoms with Crippen LogP contribution in [0.4, 0.5) is 24.0 Å². The molecule has 2 unspecified atom stereocenters. The number of halogens is 4. The maximum atomic E-state index is 17.1. The zero-order valence-electron chi connectivity index (χ0n) is 24.9. The molecule has 3 fully saturated rings. The van der Waals surface area contributed by atoms with E-state index in [2.05, 4.69) is 9.88 Å². The Morgan fingerprint density at radius 1 is 1.26 bits per heavy atom. The molecular weight excluding hydrogens is 641 g/mol. The van der Waals surface area contributed by atoms with Crippen LogP contribution in [0.15, 0.2) is 12.1 Å². The molecule has 240 valence electrons. The van der Waals surface area contributed by atoms with Gasteiger partial charge in [-0.2, -0.15) is 15.2 Å². The van der Waals surface area contributed by atoms with Crippen molar-refractivity contribution in [2.75, 3.05) is 57.2 Å². The molecule has 4 aliphatic rings. The van der Waals surface area contributed by atoms with Crippen LogP contribution in [0.5, 0.6) is 11.8 Å². The molecule has 2 aromatic heterocycles. The SMILES string of the molecule is CN1c2nc(OC[C@@]34CCCN3C[C@H](F)C4)nc3c(F)c(-c4ccc(F)c5sc(N)c(C#N)c45)c(Cl)c(c23)OCC2CCOCC21. The number of thiophene rings is 1. The number of ether oxygens (including phenoxy) is 3. The molecule has 0 spiro atoms. The topological polar surface area (TPSA) is 110 Å². The number of hydrogen-bond donors (Lipinski definition) is 1. The van der Waals surface area contributed by atoms with Crippen molar-refractivity contribution in [3.05, 3.63) is 34.4 Å². The minimum absolute atomic E-state index is 0.0360. The van der Waals surface area contributed by atoms with Crippen LogP contribution in [0.1, 0.15) is 31.2 Å². The molecular formula is C32H30ClF3N6O3S. The van der Waals surface area contributed by atoms with Gasteiger partial charge in [-0.05, 0) is 37.4 Å². The Balaban J connectivity index is 1.35. The van der Waals surface area contributed by atoms with E-state index in [-0.39, 0.29) is 84.6 Å². The van der Waals surface area contributed by atoms with Gasteiger partial charge < -0.3 is 24.8 Å². The third kappa shape index (κ3) is 4.41. The number of nitriles is 1. The van der Waals surface area contributed by atoms with Crippen molar-refractivity contribution in [1.29, 1.82) is 5.26 Å². The predicted octanol–water partition coefficient (Wildman–Crippen LogP) is 6.09. The summed E-state index contributed by atoms with van der Waals surface area (Å²) in [5.74, 6) is -0.799. The standard InChI is InChI=1S/C32H30ClF3N6O3S/c1-41-20-13-43-8-5-15(20)12-44-27-23-26(39-31(40-30(23)41)45-14-32-6-2-7-42(32)11-16(34)9-32)25(36)22(24(27)33)17-3-4-19(35)28-21(17)18(10-37)29(38)46-28/h3-4,15-16,20H,2,5-9,11-14,38H2,1H3/t15?,16-,20?,32+/m1/s1. The van der Waals surface area contributed by atoms with Crippen LogP contribution in [0, 0.1) is 28.9 Å². The smallest absolute Gasteiger partial charge is 0.319 e. The molecule has 6 heterocycles. The summed E-state index contributed by atoms with van der Waals surface area (Å²) < 4.78 is 65.1. The fourth-order valence-corrected chi connectivity index (χ4v) is 9.10. The molecule has 2 N–H and O–H groups in total. The Kier molecular flexibility index (Phi) is 7.13. The summed E-state index contributed by atoms with van der Waals surface area (Å²) in [5.41, 5.74) is 5.65. The maximum Gasteiger partial charge on any atom is 0.319 e. The van der Waals surface area contributed by atoms with Crippen molar-refractivity contribution in [1.82, 2.24) is 14.9 Å². The molecule has 3 saturated heterocycles. The lowest BCUT2D eigenvalue weighted by Gasteiger charge is -2.40. The molecule has 4 aromatic rings. The Labute approximate surface area is 271 Å². The number of nitrogen functional groups attached to an aromatic ring is 1. The van der Waals surface area contributed by atoms with Gasteiger partial charge in [0.15, 0.2) is 11.6 Å². The van der Waals surface area contributed by atoms with E-state index in [1.165, 1.54) is 12.1 Å². The highest BCUT2D eigenvalue weighted by atomic mass is 35.5. The number of aromatic nitrogens is 2. The molecule has 0 radical (unpaired) electrons. The summed E-state index contributed by atoms with van der Waals surface area (Å²) >= 11 is 7.96. The molecule has 9 nitrogen and oxygen atoms in total. The Morgan fingerprint density at radius 2 is 2.11 bits per heavy atom. The van der Waals surface area contributed by atoms with Gasteiger partial charge in [0.25, 0.3) is 0 Å². The van der Waals surface area contributed by atoms with Crippen molar-refractivity contribution >= 4 is 54.7 Å². The molecule has 0 amide bonds.